The van der Waals surface area contributed by atoms with Crippen molar-refractivity contribution in [2.75, 3.05) is 0 Å². The summed E-state index contributed by atoms with van der Waals surface area (Å²) >= 11 is 5.21. The lowest BCUT2D eigenvalue weighted by atomic mass is 11.3. The van der Waals surface area contributed by atoms with Crippen molar-refractivity contribution >= 4 is 19.9 Å². The van der Waals surface area contributed by atoms with E-state index in [1.807, 2.05) is 0 Å². The van der Waals surface area contributed by atoms with Gasteiger partial charge in [0.25, 0.3) is 0 Å². The summed E-state index contributed by atoms with van der Waals surface area (Å²) in [5.74, 6) is 0. The first-order chi connectivity index (χ1) is 1.91. The molecule has 0 heterocycles. The highest BCUT2D eigenvalue weighted by Gasteiger charge is 1.51. The van der Waals surface area contributed by atoms with E-state index in [1.54, 1.807) is 5.70 Å². The minimum atomic E-state index is -0.340. The summed E-state index contributed by atoms with van der Waals surface area (Å²) in [5, 5.41) is 0. The minimum Gasteiger partial charge on any atom is -0.171 e. The van der Waals surface area contributed by atoms with E-state index in [1.165, 1.54) is 0 Å². The molecule has 2 heteroatoms. The Morgan fingerprint density at radius 2 is 2.25 bits per heavy atom. The molecule has 0 spiro atoms. The van der Waals surface area contributed by atoms with Crippen LogP contribution in [0.5, 0.6) is 0 Å². The molecule has 0 aromatic rings. The lowest BCUT2D eigenvalue weighted by Crippen LogP contribution is -1.54. The van der Waals surface area contributed by atoms with Crippen LogP contribution in [0.15, 0.2) is 12.3 Å². The Morgan fingerprint density at radius 3 is 2.25 bits per heavy atom. The lowest BCUT2D eigenvalue weighted by Gasteiger charge is -1.52. The first kappa shape index (κ1) is 4.25. The fourth-order valence-electron chi connectivity index (χ4n) is 0. The van der Waals surface area contributed by atoms with Gasteiger partial charge >= 0.3 is 0 Å². The molecule has 0 aliphatic carbocycles. The van der Waals surface area contributed by atoms with Crippen molar-refractivity contribution in [2.45, 2.75) is 0 Å². The van der Waals surface area contributed by atoms with Crippen LogP contribution in [0.1, 0.15) is 0 Å². The van der Waals surface area contributed by atoms with Gasteiger partial charge in [-0.2, -0.15) is 11.1 Å². The van der Waals surface area contributed by atoms with Crippen molar-refractivity contribution in [3.05, 3.63) is 12.3 Å². The second-order valence-corrected chi connectivity index (χ2v) is 2.25. The third-order valence-corrected chi connectivity index (χ3v) is 0.982. The van der Waals surface area contributed by atoms with Crippen molar-refractivity contribution in [1.29, 1.82) is 0 Å². The zero-order valence-electron chi connectivity index (χ0n) is 2.37. The molecule has 0 aromatic carbocycles. The molecule has 0 bridgehead atoms. The second-order valence-electron chi connectivity index (χ2n) is 0.443. The molecule has 0 aliphatic rings. The summed E-state index contributed by atoms with van der Waals surface area (Å²) in [6.07, 6.45) is 0. The highest BCUT2D eigenvalue weighted by atomic mass is 35.6. The van der Waals surface area contributed by atoms with Gasteiger partial charge in [0.2, 0.25) is 0 Å². The van der Waals surface area contributed by atoms with E-state index < -0.39 is 0 Å². The Hall–Kier alpha value is 0.247. The van der Waals surface area contributed by atoms with Gasteiger partial charge in [-0.25, -0.2) is 0 Å². The van der Waals surface area contributed by atoms with E-state index in [2.05, 4.69) is 6.58 Å². The van der Waals surface area contributed by atoms with Crippen LogP contribution in [0, 0.1) is 0 Å². The number of halogens is 1. The standard InChI is InChI=1S/C2H5ClSi/c1-2-4-3/h2H,1,4H2. The fraction of sp³-hybridized carbons (Fsp3) is 0. The van der Waals surface area contributed by atoms with Gasteiger partial charge in [-0.05, 0) is 0 Å². The second kappa shape index (κ2) is 3.25. The SMILES string of the molecule is C=C[SiH2]Cl. The van der Waals surface area contributed by atoms with Gasteiger partial charge in [0.15, 0.2) is 0 Å². The van der Waals surface area contributed by atoms with Crippen molar-refractivity contribution in [2.24, 2.45) is 0 Å². The third-order valence-electron chi connectivity index (χ3n) is 0.109. The summed E-state index contributed by atoms with van der Waals surface area (Å²) in [5.41, 5.74) is 1.78. The van der Waals surface area contributed by atoms with Crippen LogP contribution in [0.4, 0.5) is 0 Å². The summed E-state index contributed by atoms with van der Waals surface area (Å²) in [6.45, 7) is 3.41. The van der Waals surface area contributed by atoms with Gasteiger partial charge in [-0.3, -0.25) is 0 Å². The number of hydrogen-bond acceptors (Lipinski definition) is 0. The minimum absolute atomic E-state index is 0.340. The molecule has 0 saturated heterocycles. The average Bonchev–Trinajstić information content (AvgIpc) is 1.37. The topological polar surface area (TPSA) is 0 Å². The zero-order valence-corrected chi connectivity index (χ0v) is 4.54. The van der Waals surface area contributed by atoms with Crippen LogP contribution in [0.2, 0.25) is 0 Å². The molecule has 4 heavy (non-hydrogen) atoms. The summed E-state index contributed by atoms with van der Waals surface area (Å²) in [4.78, 5) is 0. The van der Waals surface area contributed by atoms with E-state index in [0.717, 1.165) is 0 Å². The number of hydrogen-bond donors (Lipinski definition) is 0. The van der Waals surface area contributed by atoms with Crippen molar-refractivity contribution in [3.8, 4) is 0 Å². The molecule has 0 fully saturated rings. The van der Waals surface area contributed by atoms with E-state index in [0.29, 0.717) is 0 Å². The van der Waals surface area contributed by atoms with Gasteiger partial charge in [0.1, 0.15) is 8.83 Å². The molecule has 0 N–H and O–H groups in total. The van der Waals surface area contributed by atoms with E-state index >= 15 is 0 Å². The maximum absolute atomic E-state index is 5.21. The molecule has 0 aliphatic heterocycles. The first-order valence-electron chi connectivity index (χ1n) is 1.08. The Balaban J connectivity index is 2.30. The van der Waals surface area contributed by atoms with E-state index in [-0.39, 0.29) is 8.83 Å². The predicted molar refractivity (Wildman–Crippen MR) is 24.6 cm³/mol. The average molecular weight is 92.6 g/mol. The molecule has 0 atom stereocenters. The van der Waals surface area contributed by atoms with Crippen LogP contribution in [0.3, 0.4) is 0 Å². The van der Waals surface area contributed by atoms with Gasteiger partial charge in [-0.1, -0.05) is 5.70 Å². The van der Waals surface area contributed by atoms with E-state index in [4.69, 9.17) is 11.1 Å². The van der Waals surface area contributed by atoms with Gasteiger partial charge in [0.05, 0.1) is 0 Å². The monoisotopic (exact) mass is 92.0 g/mol. The maximum atomic E-state index is 5.21. The molecule has 0 nitrogen and oxygen atoms in total. The van der Waals surface area contributed by atoms with Gasteiger partial charge < -0.3 is 0 Å². The Kier molecular flexibility index (Phi) is 3.45. The summed E-state index contributed by atoms with van der Waals surface area (Å²) < 4.78 is 0. The zero-order chi connectivity index (χ0) is 3.41. The van der Waals surface area contributed by atoms with Crippen LogP contribution in [-0.2, 0) is 0 Å². The molecule has 0 rings (SSSR count). The highest BCUT2D eigenvalue weighted by molar-refractivity contribution is 6.96. The largest absolute Gasteiger partial charge is 0.171 e. The third kappa shape index (κ3) is 2.25. The van der Waals surface area contributed by atoms with Crippen LogP contribution in [0.25, 0.3) is 0 Å². The summed E-state index contributed by atoms with van der Waals surface area (Å²) in [6, 6.07) is 0. The van der Waals surface area contributed by atoms with Crippen LogP contribution >= 0.6 is 11.1 Å². The predicted octanol–water partition coefficient (Wildman–Crippen LogP) is 0.452. The molecule has 0 saturated carbocycles. The van der Waals surface area contributed by atoms with E-state index in [9.17, 15) is 0 Å². The first-order valence-corrected chi connectivity index (χ1v) is 4.04. The normalized spacial score (nSPS) is 9.25. The van der Waals surface area contributed by atoms with Crippen molar-refractivity contribution < 1.29 is 0 Å². The smallest absolute Gasteiger partial charge is 0.148 e. The number of rotatable bonds is 1. The van der Waals surface area contributed by atoms with Gasteiger partial charge in [0, 0.05) is 0 Å². The van der Waals surface area contributed by atoms with Crippen molar-refractivity contribution in [1.82, 2.24) is 0 Å². The molecule has 0 unspecified atom stereocenters. The Labute approximate surface area is 33.0 Å². The molecule has 0 aromatic heterocycles. The molecule has 0 amide bonds. The fourth-order valence-corrected chi connectivity index (χ4v) is 0. The highest BCUT2D eigenvalue weighted by Crippen LogP contribution is 1.61. The van der Waals surface area contributed by atoms with Crippen LogP contribution in [-0.4, -0.2) is 8.83 Å². The van der Waals surface area contributed by atoms with Gasteiger partial charge in [-0.15, -0.1) is 6.58 Å². The molecule has 0 radical (unpaired) electrons. The van der Waals surface area contributed by atoms with Crippen molar-refractivity contribution in [3.63, 3.8) is 0 Å². The molecule has 24 valence electrons. The molecular weight excluding hydrogens is 87.6 g/mol. The summed E-state index contributed by atoms with van der Waals surface area (Å²) in [7, 11) is -0.340. The van der Waals surface area contributed by atoms with Crippen LogP contribution < -0.4 is 0 Å². The maximum Gasteiger partial charge on any atom is 0.148 e. The lowest BCUT2D eigenvalue weighted by molar-refractivity contribution is 2.61. The molecular formula is C2H5ClSi. The Bertz CT molecular complexity index is 20.0. The quantitative estimate of drug-likeness (QED) is 0.326. The Morgan fingerprint density at radius 1 is 2.00 bits per heavy atom.